The van der Waals surface area contributed by atoms with Crippen LogP contribution in [0.15, 0.2) is 73.3 Å². The van der Waals surface area contributed by atoms with Crippen molar-refractivity contribution in [2.75, 3.05) is 13.1 Å². The number of rotatable bonds is 3. The molecule has 144 valence electrons. The number of carbonyl (C=O) groups excluding carboxylic acids is 1. The molecule has 1 aromatic carbocycles. The van der Waals surface area contributed by atoms with E-state index in [9.17, 15) is 4.79 Å². The van der Waals surface area contributed by atoms with Crippen molar-refractivity contribution >= 4 is 16.8 Å². The predicted molar refractivity (Wildman–Crippen MR) is 114 cm³/mol. The number of aromatic nitrogens is 3. The molecule has 0 aliphatic carbocycles. The van der Waals surface area contributed by atoms with Crippen LogP contribution >= 0.6 is 0 Å². The lowest BCUT2D eigenvalue weighted by molar-refractivity contribution is 0.0706. The Kier molecular flexibility index (Phi) is 4.56. The van der Waals surface area contributed by atoms with Gasteiger partial charge in [-0.1, -0.05) is 18.2 Å². The van der Waals surface area contributed by atoms with E-state index in [2.05, 4.69) is 51.4 Å². The fourth-order valence-electron chi connectivity index (χ4n) is 4.37. The average Bonchev–Trinajstić information content (AvgIpc) is 3.19. The summed E-state index contributed by atoms with van der Waals surface area (Å²) in [5.41, 5.74) is 5.43. The third kappa shape index (κ3) is 3.29. The molecular formula is C24H22N4O. The van der Waals surface area contributed by atoms with Gasteiger partial charge in [0, 0.05) is 71.5 Å². The molecular weight excluding hydrogens is 360 g/mol. The maximum absolute atomic E-state index is 13.0. The topological polar surface area (TPSA) is 61.9 Å². The first kappa shape index (κ1) is 17.6. The molecule has 0 radical (unpaired) electrons. The summed E-state index contributed by atoms with van der Waals surface area (Å²) >= 11 is 0. The molecule has 5 rings (SSSR count). The molecule has 1 amide bonds. The third-order valence-electron chi connectivity index (χ3n) is 5.75. The summed E-state index contributed by atoms with van der Waals surface area (Å²) in [5.74, 6) is 0.351. The maximum atomic E-state index is 13.0. The van der Waals surface area contributed by atoms with Crippen LogP contribution in [0.25, 0.3) is 22.0 Å². The van der Waals surface area contributed by atoms with Gasteiger partial charge in [0.05, 0.1) is 0 Å². The Hall–Kier alpha value is -3.47. The smallest absolute Gasteiger partial charge is 0.253 e. The number of carbonyl (C=O) groups is 1. The number of hydrogen-bond acceptors (Lipinski definition) is 3. The van der Waals surface area contributed by atoms with E-state index in [-0.39, 0.29) is 11.8 Å². The highest BCUT2D eigenvalue weighted by atomic mass is 16.2. The summed E-state index contributed by atoms with van der Waals surface area (Å²) in [5, 5.41) is 1.21. The summed E-state index contributed by atoms with van der Waals surface area (Å²) in [6.45, 7) is 1.51. The fourth-order valence-corrected chi connectivity index (χ4v) is 4.37. The van der Waals surface area contributed by atoms with Gasteiger partial charge in [-0.3, -0.25) is 14.8 Å². The van der Waals surface area contributed by atoms with E-state index in [1.807, 2.05) is 17.3 Å². The summed E-state index contributed by atoms with van der Waals surface area (Å²) in [7, 11) is 0. The summed E-state index contributed by atoms with van der Waals surface area (Å²) in [6.07, 6.45) is 9.07. The van der Waals surface area contributed by atoms with Gasteiger partial charge in [0.25, 0.3) is 5.91 Å². The number of nitrogens with zero attached hydrogens (tertiary/aromatic N) is 3. The third-order valence-corrected chi connectivity index (χ3v) is 5.75. The van der Waals surface area contributed by atoms with Gasteiger partial charge in [0.2, 0.25) is 0 Å². The Balaban J connectivity index is 1.53. The van der Waals surface area contributed by atoms with Gasteiger partial charge in [-0.05, 0) is 48.7 Å². The number of pyridine rings is 2. The summed E-state index contributed by atoms with van der Waals surface area (Å²) in [4.78, 5) is 26.8. The molecule has 1 N–H and O–H groups in total. The Bertz CT molecular complexity index is 1140. The number of H-pyrrole nitrogens is 1. The van der Waals surface area contributed by atoms with E-state index in [4.69, 9.17) is 0 Å². The van der Waals surface area contributed by atoms with Crippen LogP contribution in [-0.2, 0) is 0 Å². The zero-order chi connectivity index (χ0) is 19.6. The normalized spacial score (nSPS) is 16.8. The van der Waals surface area contributed by atoms with Crippen LogP contribution in [0.2, 0.25) is 0 Å². The molecule has 1 saturated heterocycles. The number of benzene rings is 1. The minimum absolute atomic E-state index is 0.0821. The van der Waals surface area contributed by atoms with Gasteiger partial charge in [-0.25, -0.2) is 0 Å². The average molecular weight is 382 g/mol. The Labute approximate surface area is 169 Å². The van der Waals surface area contributed by atoms with E-state index < -0.39 is 0 Å². The number of hydrogen-bond donors (Lipinski definition) is 1. The van der Waals surface area contributed by atoms with Crippen LogP contribution in [0.4, 0.5) is 0 Å². The highest BCUT2D eigenvalue weighted by Crippen LogP contribution is 2.39. The number of aromatic amines is 1. The second-order valence-corrected chi connectivity index (χ2v) is 7.52. The van der Waals surface area contributed by atoms with Crippen LogP contribution in [0.5, 0.6) is 0 Å². The highest BCUT2D eigenvalue weighted by Gasteiger charge is 2.29. The maximum Gasteiger partial charge on any atom is 0.253 e. The standard InChI is InChI=1S/C24H22N4O/c29-24(18-9-13-26-14-10-18)28-15-3-4-19(16-28)23-22(17-7-11-25-12-8-17)20-5-1-2-6-21(20)27-23/h1-2,5-14,19,27H,3-4,15-16H2/t19-/m0/s1. The number of fused-ring (bicyclic) bond motifs is 1. The van der Waals surface area contributed by atoms with Crippen molar-refractivity contribution < 1.29 is 4.79 Å². The lowest BCUT2D eigenvalue weighted by Gasteiger charge is -2.33. The van der Waals surface area contributed by atoms with Crippen molar-refractivity contribution in [2.45, 2.75) is 18.8 Å². The van der Waals surface area contributed by atoms with Gasteiger partial charge in [-0.2, -0.15) is 0 Å². The molecule has 0 spiro atoms. The molecule has 1 aliphatic rings. The summed E-state index contributed by atoms with van der Waals surface area (Å²) in [6, 6.07) is 16.1. The van der Waals surface area contributed by atoms with Crippen LogP contribution < -0.4 is 0 Å². The van der Waals surface area contributed by atoms with Crippen LogP contribution in [0, 0.1) is 0 Å². The molecule has 3 aromatic heterocycles. The van der Waals surface area contributed by atoms with E-state index >= 15 is 0 Å². The number of piperidine rings is 1. The van der Waals surface area contributed by atoms with Gasteiger partial charge in [0.15, 0.2) is 0 Å². The first-order chi connectivity index (χ1) is 14.3. The quantitative estimate of drug-likeness (QED) is 0.561. The van der Waals surface area contributed by atoms with Crippen LogP contribution in [0.1, 0.15) is 34.8 Å². The molecule has 1 atom stereocenters. The van der Waals surface area contributed by atoms with Gasteiger partial charge in [0.1, 0.15) is 0 Å². The molecule has 0 bridgehead atoms. The van der Waals surface area contributed by atoms with Crippen LogP contribution in [0.3, 0.4) is 0 Å². The number of para-hydroxylation sites is 1. The molecule has 4 heterocycles. The first-order valence-corrected chi connectivity index (χ1v) is 10.0. The highest BCUT2D eigenvalue weighted by molar-refractivity contribution is 5.98. The lowest BCUT2D eigenvalue weighted by atomic mass is 9.89. The molecule has 5 nitrogen and oxygen atoms in total. The first-order valence-electron chi connectivity index (χ1n) is 10.0. The SMILES string of the molecule is O=C(c1ccncc1)N1CCC[C@H](c2[nH]c3ccccc3c2-c2ccncc2)C1. The van der Waals surface area contributed by atoms with E-state index in [0.717, 1.165) is 30.5 Å². The summed E-state index contributed by atoms with van der Waals surface area (Å²) < 4.78 is 0. The molecule has 5 heteroatoms. The number of nitrogens with one attached hydrogen (secondary N) is 1. The second-order valence-electron chi connectivity index (χ2n) is 7.52. The fraction of sp³-hybridized carbons (Fsp3) is 0.208. The van der Waals surface area contributed by atoms with Crippen LogP contribution in [-0.4, -0.2) is 38.8 Å². The van der Waals surface area contributed by atoms with Gasteiger partial charge >= 0.3 is 0 Å². The van der Waals surface area contributed by atoms with Crippen molar-refractivity contribution in [2.24, 2.45) is 0 Å². The molecule has 1 aliphatic heterocycles. The van der Waals surface area contributed by atoms with Crippen molar-refractivity contribution in [3.05, 3.63) is 84.6 Å². The van der Waals surface area contributed by atoms with Crippen molar-refractivity contribution in [1.82, 2.24) is 19.9 Å². The predicted octanol–water partition coefficient (Wildman–Crippen LogP) is 4.64. The Morgan fingerprint density at radius 2 is 1.69 bits per heavy atom. The van der Waals surface area contributed by atoms with E-state index in [0.29, 0.717) is 12.1 Å². The monoisotopic (exact) mass is 382 g/mol. The Morgan fingerprint density at radius 3 is 2.48 bits per heavy atom. The van der Waals surface area contributed by atoms with E-state index in [1.165, 1.54) is 16.6 Å². The molecule has 4 aromatic rings. The second kappa shape index (κ2) is 7.51. The van der Waals surface area contributed by atoms with Gasteiger partial charge in [-0.15, -0.1) is 0 Å². The minimum atomic E-state index is 0.0821. The number of amides is 1. The molecule has 0 unspecified atom stereocenters. The Morgan fingerprint density at radius 1 is 0.966 bits per heavy atom. The minimum Gasteiger partial charge on any atom is -0.358 e. The zero-order valence-electron chi connectivity index (χ0n) is 16.1. The lowest BCUT2D eigenvalue weighted by Crippen LogP contribution is -2.39. The van der Waals surface area contributed by atoms with Gasteiger partial charge < -0.3 is 9.88 Å². The molecule has 0 saturated carbocycles. The largest absolute Gasteiger partial charge is 0.358 e. The zero-order valence-corrected chi connectivity index (χ0v) is 16.1. The van der Waals surface area contributed by atoms with Crippen molar-refractivity contribution in [3.8, 4) is 11.1 Å². The number of likely N-dealkylation sites (tertiary alicyclic amines) is 1. The van der Waals surface area contributed by atoms with Crippen molar-refractivity contribution in [1.29, 1.82) is 0 Å². The molecule has 1 fully saturated rings. The van der Waals surface area contributed by atoms with Crippen molar-refractivity contribution in [3.63, 3.8) is 0 Å². The van der Waals surface area contributed by atoms with E-state index in [1.54, 1.807) is 24.5 Å². The molecule has 29 heavy (non-hydrogen) atoms.